The fourth-order valence-corrected chi connectivity index (χ4v) is 2.29. The van der Waals surface area contributed by atoms with E-state index in [1.54, 1.807) is 31.2 Å². The lowest BCUT2D eigenvalue weighted by molar-refractivity contribution is -0.143. The van der Waals surface area contributed by atoms with Gasteiger partial charge in [0.15, 0.2) is 6.61 Å². The quantitative estimate of drug-likeness (QED) is 0.374. The third-order valence-corrected chi connectivity index (χ3v) is 3.55. The Kier molecular flexibility index (Phi) is 7.30. The molecule has 0 heterocycles. The van der Waals surface area contributed by atoms with Crippen LogP contribution >= 0.6 is 0 Å². The second-order valence-corrected chi connectivity index (χ2v) is 5.82. The number of para-hydroxylation sites is 1. The zero-order valence-corrected chi connectivity index (χ0v) is 15.5. The number of rotatable bonds is 7. The van der Waals surface area contributed by atoms with Gasteiger partial charge in [-0.25, -0.2) is 0 Å². The topological polar surface area (TPSA) is 59.9 Å². The van der Waals surface area contributed by atoms with Crippen LogP contribution < -0.4 is 10.1 Å². The molecule has 0 radical (unpaired) electrons. The molecule has 2 rings (SSSR count). The van der Waals surface area contributed by atoms with Crippen LogP contribution in [-0.4, -0.2) is 25.3 Å². The maximum absolute atomic E-state index is 12.8. The van der Waals surface area contributed by atoms with Gasteiger partial charge in [-0.3, -0.25) is 4.79 Å². The molecule has 5 nitrogen and oxygen atoms in total. The van der Waals surface area contributed by atoms with Crippen molar-refractivity contribution in [1.82, 2.24) is 0 Å². The average molecular weight is 434 g/mol. The maximum atomic E-state index is 12.8. The van der Waals surface area contributed by atoms with E-state index in [2.05, 4.69) is 5.16 Å². The Labute approximate surface area is 167 Å². The molecule has 0 aliphatic heterocycles. The highest BCUT2D eigenvalue weighted by Crippen LogP contribution is 2.37. The van der Waals surface area contributed by atoms with Crippen LogP contribution in [0.15, 0.2) is 47.6 Å². The minimum atomic E-state index is -5.02. The van der Waals surface area contributed by atoms with Crippen molar-refractivity contribution in [2.75, 3.05) is 18.5 Å². The highest BCUT2D eigenvalue weighted by atomic mass is 19.4. The summed E-state index contributed by atoms with van der Waals surface area (Å²) in [5.74, 6) is -0.474. The second-order valence-electron chi connectivity index (χ2n) is 5.82. The molecular formula is C19H16F6N2O3. The highest BCUT2D eigenvalue weighted by molar-refractivity contribution is 5.92. The van der Waals surface area contributed by atoms with Gasteiger partial charge in [0, 0.05) is 11.3 Å². The number of nitrogens with zero attached hydrogens (tertiary/aromatic N) is 1. The van der Waals surface area contributed by atoms with Gasteiger partial charge >= 0.3 is 12.4 Å². The molecule has 11 heteroatoms. The van der Waals surface area contributed by atoms with Gasteiger partial charge in [0.25, 0.3) is 5.91 Å². The molecule has 1 amide bonds. The third kappa shape index (κ3) is 6.68. The molecule has 0 unspecified atom stereocenters. The molecular weight excluding hydrogens is 418 g/mol. The summed E-state index contributed by atoms with van der Waals surface area (Å²) in [6.07, 6.45) is -8.78. The number of benzene rings is 2. The van der Waals surface area contributed by atoms with E-state index in [1.165, 1.54) is 6.21 Å². The highest BCUT2D eigenvalue weighted by Gasteiger charge is 2.37. The van der Waals surface area contributed by atoms with E-state index in [1.807, 2.05) is 5.32 Å². The Morgan fingerprint density at radius 2 is 1.63 bits per heavy atom. The first-order chi connectivity index (χ1) is 14.0. The van der Waals surface area contributed by atoms with E-state index in [0.29, 0.717) is 30.1 Å². The van der Waals surface area contributed by atoms with Crippen LogP contribution in [-0.2, 0) is 22.0 Å². The number of halogens is 6. The molecule has 0 fully saturated rings. The average Bonchev–Trinajstić information content (AvgIpc) is 2.65. The second kappa shape index (κ2) is 9.51. The smallest absolute Gasteiger partial charge is 0.416 e. The Bertz CT molecular complexity index is 878. The molecule has 2 aromatic carbocycles. The predicted molar refractivity (Wildman–Crippen MR) is 96.2 cm³/mol. The number of ether oxygens (including phenoxy) is 1. The van der Waals surface area contributed by atoms with E-state index >= 15 is 0 Å². The Hall–Kier alpha value is -3.24. The number of carbonyl (C=O) groups excluding carboxylic acids is 1. The van der Waals surface area contributed by atoms with Crippen molar-refractivity contribution in [3.63, 3.8) is 0 Å². The molecule has 0 aliphatic carbocycles. The molecule has 0 spiro atoms. The fraction of sp³-hybridized carbons (Fsp3) is 0.263. The molecule has 30 heavy (non-hydrogen) atoms. The number of hydrogen-bond donors (Lipinski definition) is 1. The van der Waals surface area contributed by atoms with E-state index in [-0.39, 0.29) is 6.07 Å². The van der Waals surface area contributed by atoms with Crippen LogP contribution in [0.3, 0.4) is 0 Å². The normalized spacial score (nSPS) is 12.1. The van der Waals surface area contributed by atoms with Gasteiger partial charge in [0.1, 0.15) is 5.75 Å². The summed E-state index contributed by atoms with van der Waals surface area (Å²) >= 11 is 0. The number of nitrogens with one attached hydrogen (secondary N) is 1. The first-order valence-corrected chi connectivity index (χ1v) is 8.47. The van der Waals surface area contributed by atoms with Crippen LogP contribution in [0.25, 0.3) is 0 Å². The van der Waals surface area contributed by atoms with Crippen LogP contribution in [0.2, 0.25) is 0 Å². The van der Waals surface area contributed by atoms with Crippen LogP contribution in [0.1, 0.15) is 23.6 Å². The summed E-state index contributed by atoms with van der Waals surface area (Å²) in [7, 11) is 0. The summed E-state index contributed by atoms with van der Waals surface area (Å²) in [6, 6.07) is 7.56. The molecule has 1 N–H and O–H groups in total. The summed E-state index contributed by atoms with van der Waals surface area (Å²) in [5, 5.41) is 5.49. The van der Waals surface area contributed by atoms with Gasteiger partial charge in [0.05, 0.1) is 23.9 Å². The number of hydrogen-bond acceptors (Lipinski definition) is 4. The number of oxime groups is 1. The number of anilines is 1. The molecule has 0 aliphatic rings. The van der Waals surface area contributed by atoms with Gasteiger partial charge < -0.3 is 14.9 Å². The summed E-state index contributed by atoms with van der Waals surface area (Å²) in [4.78, 5) is 16.6. The Morgan fingerprint density at radius 3 is 2.20 bits per heavy atom. The molecule has 0 atom stereocenters. The molecule has 2 aromatic rings. The molecule has 0 bridgehead atoms. The van der Waals surface area contributed by atoms with Crippen LogP contribution in [0.4, 0.5) is 32.0 Å². The van der Waals surface area contributed by atoms with Crippen molar-refractivity contribution in [3.8, 4) is 5.75 Å². The van der Waals surface area contributed by atoms with Gasteiger partial charge in [-0.05, 0) is 37.3 Å². The van der Waals surface area contributed by atoms with E-state index in [0.717, 1.165) is 0 Å². The number of alkyl halides is 6. The summed E-state index contributed by atoms with van der Waals surface area (Å²) in [6.45, 7) is 1.46. The molecule has 162 valence electrons. The van der Waals surface area contributed by atoms with Crippen molar-refractivity contribution in [2.45, 2.75) is 19.3 Å². The largest absolute Gasteiger partial charge is 0.493 e. The van der Waals surface area contributed by atoms with Gasteiger partial charge in [-0.1, -0.05) is 17.3 Å². The lowest BCUT2D eigenvalue weighted by Crippen LogP contribution is -2.19. The van der Waals surface area contributed by atoms with Crippen molar-refractivity contribution in [2.24, 2.45) is 5.16 Å². The van der Waals surface area contributed by atoms with Crippen LogP contribution in [0.5, 0.6) is 5.75 Å². The monoisotopic (exact) mass is 434 g/mol. The third-order valence-electron chi connectivity index (χ3n) is 3.55. The van der Waals surface area contributed by atoms with Gasteiger partial charge in [-0.15, -0.1) is 0 Å². The van der Waals surface area contributed by atoms with E-state index in [9.17, 15) is 31.1 Å². The van der Waals surface area contributed by atoms with Crippen molar-refractivity contribution >= 4 is 17.8 Å². The van der Waals surface area contributed by atoms with Gasteiger partial charge in [0.2, 0.25) is 0 Å². The molecule has 0 saturated carbocycles. The zero-order chi connectivity index (χ0) is 22.4. The van der Waals surface area contributed by atoms with Crippen molar-refractivity contribution < 1.29 is 40.7 Å². The van der Waals surface area contributed by atoms with Gasteiger partial charge in [-0.2, -0.15) is 26.3 Å². The first kappa shape index (κ1) is 23.0. The van der Waals surface area contributed by atoms with Crippen LogP contribution in [0, 0.1) is 0 Å². The minimum Gasteiger partial charge on any atom is -0.493 e. The number of carbonyl (C=O) groups is 1. The fourth-order valence-electron chi connectivity index (χ4n) is 2.29. The maximum Gasteiger partial charge on any atom is 0.416 e. The standard InChI is InChI=1S/C19H16F6N2O3/c1-2-29-16-6-4-3-5-12(16)10-26-30-11-17(28)27-15-8-13(18(20,21)22)7-14(9-15)19(23,24)25/h3-10H,2,11H2,1H3,(H,27,28)/b26-10+. The Balaban J connectivity index is 2.04. The zero-order valence-electron chi connectivity index (χ0n) is 15.5. The predicted octanol–water partition coefficient (Wildman–Crippen LogP) is 5.11. The molecule has 0 aromatic heterocycles. The first-order valence-electron chi connectivity index (χ1n) is 8.47. The summed E-state index contributed by atoms with van der Waals surface area (Å²) < 4.78 is 82.4. The minimum absolute atomic E-state index is 0.0354. The van der Waals surface area contributed by atoms with E-state index < -0.39 is 41.7 Å². The Morgan fingerprint density at radius 1 is 1.03 bits per heavy atom. The SMILES string of the molecule is CCOc1ccccc1/C=N/OCC(=O)Nc1cc(C(F)(F)F)cc(C(F)(F)F)c1. The van der Waals surface area contributed by atoms with Crippen molar-refractivity contribution in [3.05, 3.63) is 59.2 Å². The lowest BCUT2D eigenvalue weighted by atomic mass is 10.1. The number of amides is 1. The van der Waals surface area contributed by atoms with Crippen molar-refractivity contribution in [1.29, 1.82) is 0 Å². The summed E-state index contributed by atoms with van der Waals surface area (Å²) in [5.41, 5.74) is -3.21. The van der Waals surface area contributed by atoms with E-state index in [4.69, 9.17) is 9.57 Å². The molecule has 0 saturated heterocycles. The lowest BCUT2D eigenvalue weighted by Gasteiger charge is -2.14.